The molecule has 0 aliphatic carbocycles. The van der Waals surface area contributed by atoms with Crippen molar-refractivity contribution in [3.05, 3.63) is 71.0 Å². The van der Waals surface area contributed by atoms with Crippen LogP contribution in [0, 0.1) is 5.82 Å². The summed E-state index contributed by atoms with van der Waals surface area (Å²) < 4.78 is 19.1. The van der Waals surface area contributed by atoms with Crippen molar-refractivity contribution in [2.75, 3.05) is 13.6 Å². The van der Waals surface area contributed by atoms with Gasteiger partial charge in [0.15, 0.2) is 0 Å². The van der Waals surface area contributed by atoms with Crippen LogP contribution in [-0.4, -0.2) is 13.6 Å². The summed E-state index contributed by atoms with van der Waals surface area (Å²) in [5.74, 6) is -0.212. The highest BCUT2D eigenvalue weighted by Gasteiger charge is 2.04. The third-order valence-electron chi connectivity index (χ3n) is 3.24. The number of hydrogen-bond donors (Lipinski definition) is 1. The number of benzene rings is 2. The third kappa shape index (κ3) is 4.15. The number of nitrogens with one attached hydrogen (secondary N) is 1. The molecule has 0 heterocycles. The average Bonchev–Trinajstić information content (AvgIpc) is 2.48. The fourth-order valence-electron chi connectivity index (χ4n) is 2.09. The van der Waals surface area contributed by atoms with Crippen LogP contribution >= 0.6 is 0 Å². The zero-order valence-electron chi connectivity index (χ0n) is 11.7. The monoisotopic (exact) mass is 273 g/mol. The summed E-state index contributed by atoms with van der Waals surface area (Å²) in [5, 5.41) is 3.14. The normalized spacial score (nSPS) is 10.7. The third-order valence-corrected chi connectivity index (χ3v) is 3.24. The van der Waals surface area contributed by atoms with Gasteiger partial charge in [0.25, 0.3) is 0 Å². The fraction of sp³-hybridized carbons (Fsp3) is 0.294. The lowest BCUT2D eigenvalue weighted by Crippen LogP contribution is -2.11. The molecule has 0 aliphatic heterocycles. The lowest BCUT2D eigenvalue weighted by Gasteiger charge is -2.10. The molecule has 0 radical (unpaired) electrons. The van der Waals surface area contributed by atoms with Gasteiger partial charge in [-0.05, 0) is 37.2 Å². The van der Waals surface area contributed by atoms with Gasteiger partial charge in [0.05, 0.1) is 13.2 Å². The lowest BCUT2D eigenvalue weighted by molar-refractivity contribution is 0.104. The summed E-state index contributed by atoms with van der Waals surface area (Å²) in [6, 6.07) is 14.9. The molecule has 0 aliphatic rings. The van der Waals surface area contributed by atoms with Gasteiger partial charge in [0.2, 0.25) is 0 Å². The Hall–Kier alpha value is -1.71. The Kier molecular flexibility index (Phi) is 5.71. The number of ether oxygens (including phenoxy) is 1. The van der Waals surface area contributed by atoms with E-state index in [2.05, 4.69) is 17.4 Å². The van der Waals surface area contributed by atoms with Crippen molar-refractivity contribution < 1.29 is 9.13 Å². The molecule has 2 aromatic carbocycles. The maximum absolute atomic E-state index is 13.5. The molecule has 2 nitrogen and oxygen atoms in total. The van der Waals surface area contributed by atoms with Gasteiger partial charge in [-0.25, -0.2) is 4.39 Å². The smallest absolute Gasteiger partial charge is 0.128 e. The minimum atomic E-state index is -0.212. The van der Waals surface area contributed by atoms with Gasteiger partial charge in [-0.1, -0.05) is 42.5 Å². The molecular formula is C17H20FNO. The van der Waals surface area contributed by atoms with Crippen molar-refractivity contribution in [2.24, 2.45) is 0 Å². The van der Waals surface area contributed by atoms with E-state index in [-0.39, 0.29) is 5.82 Å². The van der Waals surface area contributed by atoms with Crippen molar-refractivity contribution in [3.63, 3.8) is 0 Å². The fourth-order valence-corrected chi connectivity index (χ4v) is 2.09. The van der Waals surface area contributed by atoms with E-state index >= 15 is 0 Å². The summed E-state index contributed by atoms with van der Waals surface area (Å²) in [6.07, 6.45) is 0.968. The van der Waals surface area contributed by atoms with Crippen LogP contribution in [0.3, 0.4) is 0 Å². The van der Waals surface area contributed by atoms with Crippen molar-refractivity contribution in [1.82, 2.24) is 5.32 Å². The second-order valence-corrected chi connectivity index (χ2v) is 4.71. The Labute approximate surface area is 119 Å². The lowest BCUT2D eigenvalue weighted by atomic mass is 10.1. The second-order valence-electron chi connectivity index (χ2n) is 4.71. The first-order chi connectivity index (χ1) is 9.81. The van der Waals surface area contributed by atoms with Crippen molar-refractivity contribution in [1.29, 1.82) is 0 Å². The summed E-state index contributed by atoms with van der Waals surface area (Å²) >= 11 is 0. The number of rotatable bonds is 7. The van der Waals surface area contributed by atoms with E-state index in [1.165, 1.54) is 17.2 Å². The van der Waals surface area contributed by atoms with Gasteiger partial charge in [-0.3, -0.25) is 0 Å². The van der Waals surface area contributed by atoms with Gasteiger partial charge >= 0.3 is 0 Å². The second kappa shape index (κ2) is 7.78. The molecule has 0 spiro atoms. The van der Waals surface area contributed by atoms with E-state index < -0.39 is 0 Å². The first-order valence-corrected chi connectivity index (χ1v) is 6.84. The molecule has 0 saturated heterocycles. The van der Waals surface area contributed by atoms with Crippen LogP contribution in [0.15, 0.2) is 48.5 Å². The molecule has 0 aromatic heterocycles. The maximum Gasteiger partial charge on any atom is 0.128 e. The molecule has 1 N–H and O–H groups in total. The van der Waals surface area contributed by atoms with Crippen molar-refractivity contribution in [3.8, 4) is 0 Å². The summed E-state index contributed by atoms with van der Waals surface area (Å²) in [5.41, 5.74) is 3.04. The first kappa shape index (κ1) is 14.7. The molecule has 2 rings (SSSR count). The Morgan fingerprint density at radius 2 is 1.50 bits per heavy atom. The molecule has 20 heavy (non-hydrogen) atoms. The van der Waals surface area contributed by atoms with Gasteiger partial charge < -0.3 is 10.1 Å². The molecule has 0 fully saturated rings. The van der Waals surface area contributed by atoms with E-state index in [0.717, 1.165) is 13.0 Å². The average molecular weight is 273 g/mol. The topological polar surface area (TPSA) is 21.3 Å². The van der Waals surface area contributed by atoms with Crippen LogP contribution in [0.1, 0.15) is 16.7 Å². The van der Waals surface area contributed by atoms with Crippen LogP contribution < -0.4 is 5.32 Å². The molecule has 2 aromatic rings. The predicted octanol–water partition coefficient (Wildman–Crippen LogP) is 3.30. The Bertz CT molecular complexity index is 542. The summed E-state index contributed by atoms with van der Waals surface area (Å²) in [4.78, 5) is 0. The van der Waals surface area contributed by atoms with Crippen LogP contribution in [0.4, 0.5) is 4.39 Å². The maximum atomic E-state index is 13.5. The molecule has 0 atom stereocenters. The molecule has 3 heteroatoms. The SMILES string of the molecule is CNCCc1ccccc1COCc1ccccc1F. The van der Waals surface area contributed by atoms with Gasteiger partial charge in [0.1, 0.15) is 5.82 Å². The van der Waals surface area contributed by atoms with E-state index in [0.29, 0.717) is 18.8 Å². The van der Waals surface area contributed by atoms with Gasteiger partial charge in [-0.2, -0.15) is 0 Å². The van der Waals surface area contributed by atoms with Crippen LogP contribution in [0.2, 0.25) is 0 Å². The molecule has 0 amide bonds. The predicted molar refractivity (Wildman–Crippen MR) is 79.0 cm³/mol. The molecule has 0 bridgehead atoms. The van der Waals surface area contributed by atoms with E-state index in [9.17, 15) is 4.39 Å². The Morgan fingerprint density at radius 3 is 2.20 bits per heavy atom. The summed E-state index contributed by atoms with van der Waals surface area (Å²) in [7, 11) is 1.94. The summed E-state index contributed by atoms with van der Waals surface area (Å²) in [6.45, 7) is 1.74. The number of likely N-dealkylation sites (N-methyl/N-ethyl adjacent to an activating group) is 1. The quantitative estimate of drug-likeness (QED) is 0.835. The van der Waals surface area contributed by atoms with Crippen LogP contribution in [0.5, 0.6) is 0 Å². The molecule has 0 saturated carbocycles. The van der Waals surface area contributed by atoms with Crippen LogP contribution in [0.25, 0.3) is 0 Å². The van der Waals surface area contributed by atoms with E-state index in [1.54, 1.807) is 12.1 Å². The van der Waals surface area contributed by atoms with Crippen molar-refractivity contribution in [2.45, 2.75) is 19.6 Å². The molecule has 106 valence electrons. The zero-order valence-corrected chi connectivity index (χ0v) is 11.7. The minimum absolute atomic E-state index is 0.212. The van der Waals surface area contributed by atoms with Gasteiger partial charge in [-0.15, -0.1) is 0 Å². The van der Waals surface area contributed by atoms with E-state index in [4.69, 9.17) is 4.74 Å². The van der Waals surface area contributed by atoms with Crippen LogP contribution in [-0.2, 0) is 24.4 Å². The van der Waals surface area contributed by atoms with Gasteiger partial charge in [0, 0.05) is 5.56 Å². The first-order valence-electron chi connectivity index (χ1n) is 6.84. The minimum Gasteiger partial charge on any atom is -0.372 e. The van der Waals surface area contributed by atoms with E-state index in [1.807, 2.05) is 25.2 Å². The molecule has 0 unspecified atom stereocenters. The molecular weight excluding hydrogens is 253 g/mol. The number of hydrogen-bond acceptors (Lipinski definition) is 2. The Morgan fingerprint density at radius 1 is 0.900 bits per heavy atom. The zero-order chi connectivity index (χ0) is 14.2. The number of halogens is 1. The highest BCUT2D eigenvalue weighted by atomic mass is 19.1. The standard InChI is InChI=1S/C17H20FNO/c1-19-11-10-14-6-2-3-7-15(14)12-20-13-16-8-4-5-9-17(16)18/h2-9,19H,10-13H2,1H3. The Balaban J connectivity index is 1.92. The van der Waals surface area contributed by atoms with Crippen molar-refractivity contribution >= 4 is 0 Å². The highest BCUT2D eigenvalue weighted by Crippen LogP contribution is 2.13. The largest absolute Gasteiger partial charge is 0.372 e. The highest BCUT2D eigenvalue weighted by molar-refractivity contribution is 5.27.